The van der Waals surface area contributed by atoms with E-state index >= 15 is 0 Å². The van der Waals surface area contributed by atoms with Gasteiger partial charge < -0.3 is 24.8 Å². The highest BCUT2D eigenvalue weighted by atomic mass is 16.5. The number of hydrogen-bond acceptors (Lipinski definition) is 6. The molecule has 0 saturated carbocycles. The molecule has 1 atom stereocenters. The van der Waals surface area contributed by atoms with Crippen LogP contribution in [0.1, 0.15) is 28.9 Å². The maximum atomic E-state index is 11.4. The molecule has 7 nitrogen and oxygen atoms in total. The van der Waals surface area contributed by atoms with Gasteiger partial charge in [-0.3, -0.25) is 0 Å². The molecule has 104 valence electrons. The number of esters is 1. The number of carboxylic acids is 1. The zero-order valence-corrected chi connectivity index (χ0v) is 10.4. The summed E-state index contributed by atoms with van der Waals surface area (Å²) in [5.74, 6) is -3.05. The number of carbonyl (C=O) groups excluding carboxylic acids is 1. The van der Waals surface area contributed by atoms with Gasteiger partial charge in [-0.25, -0.2) is 9.59 Å². The summed E-state index contributed by atoms with van der Waals surface area (Å²) >= 11 is 0. The zero-order valence-electron chi connectivity index (χ0n) is 10.4. The quantitative estimate of drug-likeness (QED) is 0.674. The third kappa shape index (κ3) is 3.14. The Hall–Kier alpha value is -2.28. The van der Waals surface area contributed by atoms with E-state index in [0.717, 1.165) is 6.07 Å². The van der Waals surface area contributed by atoms with Gasteiger partial charge in [-0.1, -0.05) is 0 Å². The summed E-state index contributed by atoms with van der Waals surface area (Å²) in [6, 6.07) is 2.16. The Balaban J connectivity index is 3.25. The Labute approximate surface area is 109 Å². The van der Waals surface area contributed by atoms with Crippen LogP contribution in [0.3, 0.4) is 0 Å². The van der Waals surface area contributed by atoms with E-state index in [-0.39, 0.29) is 17.9 Å². The summed E-state index contributed by atoms with van der Waals surface area (Å²) in [6.07, 6.45) is -1.65. The highest BCUT2D eigenvalue weighted by Crippen LogP contribution is 2.33. The number of ether oxygens (including phenoxy) is 2. The highest BCUT2D eigenvalue weighted by molar-refractivity contribution is 5.92. The van der Waals surface area contributed by atoms with Gasteiger partial charge in [-0.05, 0) is 24.6 Å². The lowest BCUT2D eigenvalue weighted by molar-refractivity contribution is -0.153. The van der Waals surface area contributed by atoms with E-state index in [4.69, 9.17) is 9.84 Å². The smallest absolute Gasteiger partial charge is 0.339 e. The molecule has 0 aliphatic rings. The van der Waals surface area contributed by atoms with Crippen molar-refractivity contribution in [2.45, 2.75) is 13.0 Å². The molecule has 0 amide bonds. The third-order valence-corrected chi connectivity index (χ3v) is 2.37. The van der Waals surface area contributed by atoms with E-state index in [2.05, 4.69) is 4.74 Å². The van der Waals surface area contributed by atoms with Gasteiger partial charge >= 0.3 is 11.9 Å². The van der Waals surface area contributed by atoms with Crippen LogP contribution in [0.5, 0.6) is 11.5 Å². The Bertz CT molecular complexity index is 495. The van der Waals surface area contributed by atoms with E-state index in [1.165, 1.54) is 13.2 Å². The summed E-state index contributed by atoms with van der Waals surface area (Å²) in [6.45, 7) is 1.65. The fraction of sp³-hybridized carbons (Fsp3) is 0.333. The Morgan fingerprint density at radius 1 is 1.37 bits per heavy atom. The second-order valence-electron chi connectivity index (χ2n) is 3.58. The number of aromatic hydroxyl groups is 1. The molecule has 0 aromatic heterocycles. The van der Waals surface area contributed by atoms with Gasteiger partial charge in [0.05, 0.1) is 13.7 Å². The van der Waals surface area contributed by atoms with Crippen LogP contribution in [0.15, 0.2) is 12.1 Å². The number of hydrogen-bond donors (Lipinski definition) is 3. The lowest BCUT2D eigenvalue weighted by Gasteiger charge is -2.13. The van der Waals surface area contributed by atoms with E-state index in [0.29, 0.717) is 0 Å². The van der Waals surface area contributed by atoms with Crippen LogP contribution in [-0.2, 0) is 9.53 Å². The van der Waals surface area contributed by atoms with E-state index in [9.17, 15) is 19.8 Å². The summed E-state index contributed by atoms with van der Waals surface area (Å²) < 4.78 is 9.41. The molecule has 0 fully saturated rings. The number of phenols is 1. The van der Waals surface area contributed by atoms with Gasteiger partial charge in [0.2, 0.25) is 0 Å². The van der Waals surface area contributed by atoms with E-state index < -0.39 is 29.4 Å². The minimum Gasteiger partial charge on any atom is -0.504 e. The lowest BCUT2D eigenvalue weighted by atomic mass is 10.0. The number of benzene rings is 1. The molecule has 0 radical (unpaired) electrons. The standard InChI is InChI=1S/C12H14O7/c1-3-19-12(17)9(13)6-4-7(11(15)16)10(14)8(5-6)18-2/h4-5,9,13-14H,3H2,1-2H3,(H,15,16). The minimum absolute atomic E-state index is 0.0366. The van der Waals surface area contributed by atoms with Crippen molar-refractivity contribution in [1.82, 2.24) is 0 Å². The molecule has 0 aliphatic heterocycles. The molecule has 1 rings (SSSR count). The van der Waals surface area contributed by atoms with Crippen molar-refractivity contribution in [3.63, 3.8) is 0 Å². The van der Waals surface area contributed by atoms with Gasteiger partial charge in [0, 0.05) is 0 Å². The normalized spacial score (nSPS) is 11.7. The first-order chi connectivity index (χ1) is 8.92. The molecule has 0 spiro atoms. The number of carboxylic acid groups (broad SMARTS) is 1. The Morgan fingerprint density at radius 2 is 2.00 bits per heavy atom. The van der Waals surface area contributed by atoms with Crippen LogP contribution >= 0.6 is 0 Å². The molecular formula is C12H14O7. The maximum Gasteiger partial charge on any atom is 0.339 e. The van der Waals surface area contributed by atoms with E-state index in [1.54, 1.807) is 6.92 Å². The van der Waals surface area contributed by atoms with Gasteiger partial charge in [0.25, 0.3) is 0 Å². The van der Waals surface area contributed by atoms with Gasteiger partial charge in [0.15, 0.2) is 17.6 Å². The van der Waals surface area contributed by atoms with Gasteiger partial charge in [-0.2, -0.15) is 0 Å². The van der Waals surface area contributed by atoms with Crippen molar-refractivity contribution in [1.29, 1.82) is 0 Å². The predicted octanol–water partition coefficient (Wildman–Crippen LogP) is 0.696. The van der Waals surface area contributed by atoms with Crippen molar-refractivity contribution in [2.75, 3.05) is 13.7 Å². The molecular weight excluding hydrogens is 256 g/mol. The number of aliphatic hydroxyl groups excluding tert-OH is 1. The van der Waals surface area contributed by atoms with Crippen LogP contribution < -0.4 is 4.74 Å². The minimum atomic E-state index is -1.65. The average Bonchev–Trinajstić information content (AvgIpc) is 2.38. The number of aromatic carboxylic acids is 1. The van der Waals surface area contributed by atoms with Crippen LogP contribution in [0.25, 0.3) is 0 Å². The monoisotopic (exact) mass is 270 g/mol. The summed E-state index contributed by atoms with van der Waals surface area (Å²) in [5, 5.41) is 28.3. The fourth-order valence-electron chi connectivity index (χ4n) is 1.46. The molecule has 1 aromatic carbocycles. The number of methoxy groups -OCH3 is 1. The second kappa shape index (κ2) is 6.05. The van der Waals surface area contributed by atoms with Gasteiger partial charge in [0.1, 0.15) is 5.56 Å². The van der Waals surface area contributed by atoms with Crippen molar-refractivity contribution in [2.24, 2.45) is 0 Å². The summed E-state index contributed by atoms with van der Waals surface area (Å²) in [7, 11) is 1.22. The second-order valence-corrected chi connectivity index (χ2v) is 3.58. The molecule has 0 aliphatic carbocycles. The molecule has 19 heavy (non-hydrogen) atoms. The molecule has 1 aromatic rings. The topological polar surface area (TPSA) is 113 Å². The zero-order chi connectivity index (χ0) is 14.6. The van der Waals surface area contributed by atoms with E-state index in [1.807, 2.05) is 0 Å². The number of rotatable bonds is 5. The first-order valence-corrected chi connectivity index (χ1v) is 5.41. The molecule has 0 heterocycles. The lowest BCUT2D eigenvalue weighted by Crippen LogP contribution is -2.16. The average molecular weight is 270 g/mol. The van der Waals surface area contributed by atoms with Gasteiger partial charge in [-0.15, -0.1) is 0 Å². The van der Waals surface area contributed by atoms with Crippen molar-refractivity contribution >= 4 is 11.9 Å². The highest BCUT2D eigenvalue weighted by Gasteiger charge is 2.24. The molecule has 1 unspecified atom stereocenters. The van der Waals surface area contributed by atoms with Crippen molar-refractivity contribution in [3.8, 4) is 11.5 Å². The fourth-order valence-corrected chi connectivity index (χ4v) is 1.46. The van der Waals surface area contributed by atoms with Crippen molar-refractivity contribution < 1.29 is 34.4 Å². The van der Waals surface area contributed by atoms with Crippen molar-refractivity contribution in [3.05, 3.63) is 23.3 Å². The van der Waals surface area contributed by atoms with Crippen LogP contribution in [0.4, 0.5) is 0 Å². The molecule has 3 N–H and O–H groups in total. The molecule has 0 saturated heterocycles. The first kappa shape index (κ1) is 14.8. The third-order valence-electron chi connectivity index (χ3n) is 2.37. The predicted molar refractivity (Wildman–Crippen MR) is 63.2 cm³/mol. The Morgan fingerprint density at radius 3 is 2.47 bits per heavy atom. The Kier molecular flexibility index (Phi) is 4.71. The van der Waals surface area contributed by atoms with Crippen LogP contribution in [0.2, 0.25) is 0 Å². The van der Waals surface area contributed by atoms with Crippen LogP contribution in [0, 0.1) is 0 Å². The van der Waals surface area contributed by atoms with Crippen LogP contribution in [-0.4, -0.2) is 41.0 Å². The summed E-state index contributed by atoms with van der Waals surface area (Å²) in [4.78, 5) is 22.3. The number of carbonyl (C=O) groups is 2. The SMILES string of the molecule is CCOC(=O)C(O)c1cc(OC)c(O)c(C(=O)O)c1. The first-order valence-electron chi connectivity index (χ1n) is 5.41. The molecule has 0 bridgehead atoms. The largest absolute Gasteiger partial charge is 0.504 e. The molecule has 7 heteroatoms. The maximum absolute atomic E-state index is 11.4. The summed E-state index contributed by atoms with van der Waals surface area (Å²) in [5.41, 5.74) is -0.511. The number of aliphatic hydroxyl groups is 1.